The minimum atomic E-state index is -2.06. The summed E-state index contributed by atoms with van der Waals surface area (Å²) < 4.78 is 0. The SMILES string of the molecule is Cc1ccc(C(C(N)=O)C2(O)C(=O)N(Cc3ccccc3)c3ccccc32)cc1. The van der Waals surface area contributed by atoms with Gasteiger partial charge in [0, 0.05) is 5.56 Å². The highest BCUT2D eigenvalue weighted by atomic mass is 16.3. The minimum Gasteiger partial charge on any atom is -0.374 e. The summed E-state index contributed by atoms with van der Waals surface area (Å²) in [6.45, 7) is 2.22. The molecule has 2 amide bonds. The zero-order valence-electron chi connectivity index (χ0n) is 16.1. The van der Waals surface area contributed by atoms with Crippen LogP contribution in [-0.4, -0.2) is 16.9 Å². The van der Waals surface area contributed by atoms with Gasteiger partial charge in [-0.15, -0.1) is 0 Å². The van der Waals surface area contributed by atoms with E-state index in [2.05, 4.69) is 0 Å². The number of aryl methyl sites for hydroxylation is 1. The predicted octanol–water partition coefficient (Wildman–Crippen LogP) is 3.00. The third-order valence-electron chi connectivity index (χ3n) is 5.47. The maximum absolute atomic E-state index is 13.5. The lowest BCUT2D eigenvalue weighted by Crippen LogP contribution is -2.48. The molecule has 5 nitrogen and oxygen atoms in total. The van der Waals surface area contributed by atoms with Gasteiger partial charge < -0.3 is 15.7 Å². The highest BCUT2D eigenvalue weighted by Gasteiger charge is 2.57. The molecule has 3 aromatic carbocycles. The van der Waals surface area contributed by atoms with Crippen LogP contribution >= 0.6 is 0 Å². The molecule has 0 bridgehead atoms. The second kappa shape index (κ2) is 7.18. The Labute approximate surface area is 169 Å². The van der Waals surface area contributed by atoms with Gasteiger partial charge in [-0.05, 0) is 24.1 Å². The van der Waals surface area contributed by atoms with E-state index in [0.29, 0.717) is 23.4 Å². The van der Waals surface area contributed by atoms with Crippen molar-refractivity contribution in [2.75, 3.05) is 4.90 Å². The van der Waals surface area contributed by atoms with Crippen LogP contribution in [0.2, 0.25) is 0 Å². The Morgan fingerprint density at radius 2 is 1.62 bits per heavy atom. The Balaban J connectivity index is 1.84. The molecule has 0 fully saturated rings. The van der Waals surface area contributed by atoms with E-state index in [-0.39, 0.29) is 0 Å². The molecule has 2 atom stereocenters. The summed E-state index contributed by atoms with van der Waals surface area (Å²) in [5.74, 6) is -2.49. The van der Waals surface area contributed by atoms with Crippen molar-refractivity contribution in [3.63, 3.8) is 0 Å². The molecule has 0 spiro atoms. The molecule has 0 aromatic heterocycles. The first-order chi connectivity index (χ1) is 13.9. The van der Waals surface area contributed by atoms with Gasteiger partial charge in [-0.1, -0.05) is 78.4 Å². The number of carbonyl (C=O) groups is 2. The summed E-state index contributed by atoms with van der Waals surface area (Å²) >= 11 is 0. The molecule has 0 saturated carbocycles. The standard InChI is InChI=1S/C24H22N2O3/c1-16-11-13-18(14-12-16)21(22(25)27)24(29)19-9-5-6-10-20(19)26(23(24)28)15-17-7-3-2-4-8-17/h2-14,21,29H,15H2,1H3,(H2,25,27). The number of benzene rings is 3. The third-order valence-corrected chi connectivity index (χ3v) is 5.47. The number of rotatable bonds is 5. The summed E-state index contributed by atoms with van der Waals surface area (Å²) in [4.78, 5) is 27.6. The molecule has 1 aliphatic rings. The number of fused-ring (bicyclic) bond motifs is 1. The number of nitrogens with zero attached hydrogens (tertiary/aromatic N) is 1. The van der Waals surface area contributed by atoms with Crippen molar-refractivity contribution in [2.24, 2.45) is 5.73 Å². The Bertz CT molecular complexity index is 1060. The molecule has 5 heteroatoms. The minimum absolute atomic E-state index is 0.290. The third kappa shape index (κ3) is 3.09. The average Bonchev–Trinajstić information content (AvgIpc) is 2.93. The molecule has 3 N–H and O–H groups in total. The van der Waals surface area contributed by atoms with Crippen LogP contribution in [0.3, 0.4) is 0 Å². The fourth-order valence-electron chi connectivity index (χ4n) is 4.03. The fourth-order valence-corrected chi connectivity index (χ4v) is 4.03. The van der Waals surface area contributed by atoms with Crippen LogP contribution in [0.4, 0.5) is 5.69 Å². The average molecular weight is 386 g/mol. The fraction of sp³-hybridized carbons (Fsp3) is 0.167. The van der Waals surface area contributed by atoms with Gasteiger partial charge in [0.25, 0.3) is 5.91 Å². The quantitative estimate of drug-likeness (QED) is 0.707. The summed E-state index contributed by atoms with van der Waals surface area (Å²) in [6.07, 6.45) is 0. The van der Waals surface area contributed by atoms with Crippen LogP contribution < -0.4 is 10.6 Å². The zero-order valence-corrected chi connectivity index (χ0v) is 16.1. The van der Waals surface area contributed by atoms with Gasteiger partial charge >= 0.3 is 0 Å². The van der Waals surface area contributed by atoms with Gasteiger partial charge in [0.2, 0.25) is 5.91 Å². The van der Waals surface area contributed by atoms with E-state index in [1.54, 1.807) is 36.4 Å². The first kappa shape index (κ1) is 18.9. The van der Waals surface area contributed by atoms with E-state index in [9.17, 15) is 14.7 Å². The smallest absolute Gasteiger partial charge is 0.265 e. The van der Waals surface area contributed by atoms with Crippen molar-refractivity contribution in [1.29, 1.82) is 0 Å². The molecule has 1 aliphatic heterocycles. The van der Waals surface area contributed by atoms with Crippen LogP contribution in [0, 0.1) is 6.92 Å². The lowest BCUT2D eigenvalue weighted by Gasteiger charge is -2.30. The van der Waals surface area contributed by atoms with E-state index in [0.717, 1.165) is 11.1 Å². The summed E-state index contributed by atoms with van der Waals surface area (Å²) in [6, 6.07) is 23.7. The highest BCUT2D eigenvalue weighted by molar-refractivity contribution is 6.10. The Kier molecular flexibility index (Phi) is 4.68. The largest absolute Gasteiger partial charge is 0.374 e. The first-order valence-corrected chi connectivity index (χ1v) is 9.46. The van der Waals surface area contributed by atoms with Gasteiger partial charge in [-0.3, -0.25) is 9.59 Å². The first-order valence-electron chi connectivity index (χ1n) is 9.46. The number of primary amides is 1. The maximum Gasteiger partial charge on any atom is 0.265 e. The molecular weight excluding hydrogens is 364 g/mol. The predicted molar refractivity (Wildman–Crippen MR) is 111 cm³/mol. The number of anilines is 1. The van der Waals surface area contributed by atoms with E-state index < -0.39 is 23.3 Å². The van der Waals surface area contributed by atoms with Crippen LogP contribution in [-0.2, 0) is 21.7 Å². The lowest BCUT2D eigenvalue weighted by atomic mass is 9.77. The van der Waals surface area contributed by atoms with Crippen LogP contribution in [0.15, 0.2) is 78.9 Å². The van der Waals surface area contributed by atoms with Crippen LogP contribution in [0.25, 0.3) is 0 Å². The van der Waals surface area contributed by atoms with Crippen molar-refractivity contribution < 1.29 is 14.7 Å². The molecule has 4 rings (SSSR count). The normalized spacial score (nSPS) is 19.1. The number of nitrogens with two attached hydrogens (primary N) is 1. The van der Waals surface area contributed by atoms with Gasteiger partial charge in [0.05, 0.1) is 12.2 Å². The van der Waals surface area contributed by atoms with Crippen LogP contribution in [0.5, 0.6) is 0 Å². The molecule has 29 heavy (non-hydrogen) atoms. The van der Waals surface area contributed by atoms with Crippen molar-refractivity contribution in [1.82, 2.24) is 0 Å². The molecule has 146 valence electrons. The Morgan fingerprint density at radius 1 is 1.00 bits per heavy atom. The van der Waals surface area contributed by atoms with Gasteiger partial charge in [0.15, 0.2) is 5.60 Å². The monoisotopic (exact) mass is 386 g/mol. The number of hydrogen-bond donors (Lipinski definition) is 2. The molecule has 0 radical (unpaired) electrons. The van der Waals surface area contributed by atoms with Gasteiger partial charge in [-0.25, -0.2) is 0 Å². The van der Waals surface area contributed by atoms with Gasteiger partial charge in [-0.2, -0.15) is 0 Å². The number of carbonyl (C=O) groups excluding carboxylic acids is 2. The molecular formula is C24H22N2O3. The number of hydrogen-bond acceptors (Lipinski definition) is 3. The van der Waals surface area contributed by atoms with E-state index in [4.69, 9.17) is 5.73 Å². The number of para-hydroxylation sites is 1. The summed E-state index contributed by atoms with van der Waals surface area (Å²) in [7, 11) is 0. The molecule has 1 heterocycles. The molecule has 0 aliphatic carbocycles. The second-order valence-corrected chi connectivity index (χ2v) is 7.41. The van der Waals surface area contributed by atoms with Crippen LogP contribution in [0.1, 0.15) is 28.2 Å². The topological polar surface area (TPSA) is 83.6 Å². The maximum atomic E-state index is 13.5. The van der Waals surface area contributed by atoms with Crippen molar-refractivity contribution in [2.45, 2.75) is 25.0 Å². The van der Waals surface area contributed by atoms with Crippen molar-refractivity contribution in [3.05, 3.63) is 101 Å². The van der Waals surface area contributed by atoms with Crippen molar-refractivity contribution >= 4 is 17.5 Å². The molecule has 2 unspecified atom stereocenters. The summed E-state index contributed by atoms with van der Waals surface area (Å²) in [5, 5.41) is 11.7. The Hall–Kier alpha value is -3.44. The molecule has 3 aromatic rings. The highest BCUT2D eigenvalue weighted by Crippen LogP contribution is 2.48. The zero-order chi connectivity index (χ0) is 20.6. The Morgan fingerprint density at radius 3 is 2.28 bits per heavy atom. The second-order valence-electron chi connectivity index (χ2n) is 7.41. The number of amides is 2. The van der Waals surface area contributed by atoms with Crippen molar-refractivity contribution in [3.8, 4) is 0 Å². The van der Waals surface area contributed by atoms with E-state index in [1.165, 1.54) is 4.90 Å². The summed E-state index contributed by atoms with van der Waals surface area (Å²) in [5.41, 5.74) is 7.07. The van der Waals surface area contributed by atoms with E-state index in [1.807, 2.05) is 49.4 Å². The molecule has 0 saturated heterocycles. The number of aliphatic hydroxyl groups is 1. The van der Waals surface area contributed by atoms with E-state index >= 15 is 0 Å². The van der Waals surface area contributed by atoms with Gasteiger partial charge in [0.1, 0.15) is 5.92 Å². The lowest BCUT2D eigenvalue weighted by molar-refractivity contribution is -0.144.